The Hall–Kier alpha value is -5.13. The van der Waals surface area contributed by atoms with Crippen molar-refractivity contribution in [1.29, 1.82) is 0 Å². The molecule has 0 aliphatic carbocycles. The van der Waals surface area contributed by atoms with E-state index in [-0.39, 0.29) is 56.3 Å². The van der Waals surface area contributed by atoms with E-state index in [1.807, 2.05) is 0 Å². The lowest BCUT2D eigenvalue weighted by Crippen LogP contribution is -2.35. The number of halogens is 4. The maximum atomic E-state index is 12.8. The van der Waals surface area contributed by atoms with Gasteiger partial charge in [-0.1, -0.05) is 35.3 Å². The molecule has 4 rings (SSSR count). The Balaban J connectivity index is 0.000000274. The summed E-state index contributed by atoms with van der Waals surface area (Å²) in [6.45, 7) is 0.119. The Bertz CT molecular complexity index is 2200. The van der Waals surface area contributed by atoms with Crippen molar-refractivity contribution in [2.75, 3.05) is 35.3 Å². The van der Waals surface area contributed by atoms with Crippen LogP contribution in [-0.2, 0) is 20.0 Å². The third-order valence-corrected chi connectivity index (χ3v) is 8.30. The van der Waals surface area contributed by atoms with Crippen LogP contribution in [0.2, 0.25) is 10.0 Å². The number of carboxylic acids is 1. The van der Waals surface area contributed by atoms with Crippen molar-refractivity contribution in [2.45, 2.75) is 25.3 Å². The van der Waals surface area contributed by atoms with Crippen molar-refractivity contribution in [2.24, 2.45) is 0 Å². The van der Waals surface area contributed by atoms with Crippen molar-refractivity contribution < 1.29 is 45.0 Å². The summed E-state index contributed by atoms with van der Waals surface area (Å²) in [6, 6.07) is 5.91. The molecule has 0 aliphatic rings. The van der Waals surface area contributed by atoms with Gasteiger partial charge < -0.3 is 15.2 Å². The van der Waals surface area contributed by atoms with Gasteiger partial charge >= 0.3 is 30.3 Å². The molecule has 25 heteroatoms. The Morgan fingerprint density at radius 1 is 1.04 bits per heavy atom. The number of nitrogens with zero attached hydrogens (tertiary/aromatic N) is 6. The maximum absolute atomic E-state index is 12.8. The van der Waals surface area contributed by atoms with Gasteiger partial charge in [0.25, 0.3) is 10.0 Å². The van der Waals surface area contributed by atoms with Gasteiger partial charge in [-0.05, 0) is 38.1 Å². The molecule has 0 saturated heterocycles. The molecule has 0 atom stereocenters. The van der Waals surface area contributed by atoms with Crippen molar-refractivity contribution >= 4 is 72.8 Å². The number of rotatable bonds is 11. The number of alkyl halides is 2. The van der Waals surface area contributed by atoms with Crippen molar-refractivity contribution in [3.63, 3.8) is 0 Å². The smallest absolute Gasteiger partial charge is 0.355 e. The van der Waals surface area contributed by atoms with Crippen LogP contribution in [0, 0.1) is 6.92 Å². The predicted octanol–water partition coefficient (Wildman–Crippen LogP) is 2.94. The lowest BCUT2D eigenvalue weighted by Gasteiger charge is -2.10. The molecule has 5 N–H and O–H groups in total. The van der Waals surface area contributed by atoms with Gasteiger partial charge in [0.1, 0.15) is 10.7 Å². The van der Waals surface area contributed by atoms with Crippen LogP contribution < -0.4 is 30.5 Å². The zero-order valence-electron chi connectivity index (χ0n) is 26.0. The van der Waals surface area contributed by atoms with Crippen LogP contribution in [0.3, 0.4) is 0 Å². The highest BCUT2D eigenvalue weighted by Gasteiger charge is 2.25. The number of carbonyl (C=O) groups excluding carboxylic acids is 1. The Morgan fingerprint density at radius 2 is 1.68 bits per heavy atom. The zero-order valence-corrected chi connectivity index (χ0v) is 29.1. The Labute approximate surface area is 291 Å². The Morgan fingerprint density at radius 3 is 2.24 bits per heavy atom. The molecule has 0 aliphatic heterocycles. The first kappa shape index (κ1) is 39.3. The second kappa shape index (κ2) is 16.1. The summed E-state index contributed by atoms with van der Waals surface area (Å²) in [4.78, 5) is 46.2. The number of ether oxygens (including phenoxy) is 1. The molecule has 0 radical (unpaired) electrons. The van der Waals surface area contributed by atoms with E-state index < -0.39 is 54.7 Å². The number of benzene rings is 2. The third-order valence-electron chi connectivity index (χ3n) is 5.71. The SMILES string of the molecule is CCOc1nc(NC)nc(NC(=O)NS(=O)(=O)c2ccccc2C(=O)O)n1.Cc1nn(-c2cc(NS(C)(=O)=O)c(Cl)cc2Cl)c(=O)n1C(F)F. The van der Waals surface area contributed by atoms with Gasteiger partial charge in [-0.15, -0.1) is 5.10 Å². The third kappa shape index (κ3) is 9.96. The number of hydrogen-bond donors (Lipinski definition) is 5. The van der Waals surface area contributed by atoms with E-state index in [0.717, 1.165) is 24.5 Å². The summed E-state index contributed by atoms with van der Waals surface area (Å²) in [6.07, 6.45) is 0.902. The highest BCUT2D eigenvalue weighted by molar-refractivity contribution is 7.92. The Kier molecular flexibility index (Phi) is 12.6. The summed E-state index contributed by atoms with van der Waals surface area (Å²) in [5, 5.41) is 17.5. The summed E-state index contributed by atoms with van der Waals surface area (Å²) in [7, 11) is -6.57. The quantitative estimate of drug-likeness (QED) is 0.147. The van der Waals surface area contributed by atoms with Gasteiger partial charge in [-0.2, -0.15) is 28.4 Å². The molecule has 0 unspecified atom stereocenters. The number of aromatic nitrogens is 6. The van der Waals surface area contributed by atoms with Gasteiger partial charge in [0, 0.05) is 7.05 Å². The fourth-order valence-corrected chi connectivity index (χ4v) is 5.98. The van der Waals surface area contributed by atoms with Gasteiger partial charge in [0.2, 0.25) is 21.9 Å². The lowest BCUT2D eigenvalue weighted by molar-refractivity contribution is 0.0639. The van der Waals surface area contributed by atoms with E-state index >= 15 is 0 Å². The average Bonchev–Trinajstić information content (AvgIpc) is 3.31. The molecule has 19 nitrogen and oxygen atoms in total. The number of amides is 2. The molecule has 4 aromatic rings. The van der Waals surface area contributed by atoms with E-state index in [2.05, 4.69) is 35.4 Å². The van der Waals surface area contributed by atoms with Gasteiger partial charge in [0.05, 0.1) is 39.8 Å². The fourth-order valence-electron chi connectivity index (χ4n) is 3.74. The number of urea groups is 1. The molecule has 0 fully saturated rings. The van der Waals surface area contributed by atoms with Crippen molar-refractivity contribution in [1.82, 2.24) is 34.0 Å². The molecule has 2 amide bonds. The van der Waals surface area contributed by atoms with Crippen LogP contribution in [0.1, 0.15) is 29.7 Å². The average molecular weight is 784 g/mol. The number of aryl methyl sites for hydroxylation is 1. The second-order valence-corrected chi connectivity index (χ2v) is 13.6. The molecule has 0 saturated carbocycles. The highest BCUT2D eigenvalue weighted by atomic mass is 35.5. The molecule has 270 valence electrons. The van der Waals surface area contributed by atoms with Gasteiger partial charge in [-0.3, -0.25) is 10.0 Å². The predicted molar refractivity (Wildman–Crippen MR) is 176 cm³/mol. The minimum absolute atomic E-state index is 0.0257. The normalized spacial score (nSPS) is 11.3. The highest BCUT2D eigenvalue weighted by Crippen LogP contribution is 2.31. The minimum atomic E-state index is -4.45. The summed E-state index contributed by atoms with van der Waals surface area (Å²) < 4.78 is 82.7. The molecular weight excluding hydrogens is 757 g/mol. The first-order valence-corrected chi connectivity index (χ1v) is 17.6. The van der Waals surface area contributed by atoms with Crippen LogP contribution in [0.15, 0.2) is 46.1 Å². The van der Waals surface area contributed by atoms with Crippen LogP contribution in [0.5, 0.6) is 6.01 Å². The number of carboxylic acid groups (broad SMARTS) is 1. The first-order chi connectivity index (χ1) is 23.3. The van der Waals surface area contributed by atoms with Gasteiger partial charge in [-0.25, -0.2) is 40.5 Å². The molecule has 2 aromatic heterocycles. The first-order valence-electron chi connectivity index (χ1n) is 13.4. The van der Waals surface area contributed by atoms with Crippen LogP contribution in [0.4, 0.5) is 31.2 Å². The monoisotopic (exact) mass is 782 g/mol. The largest absolute Gasteiger partial charge is 0.478 e. The maximum Gasteiger partial charge on any atom is 0.355 e. The van der Waals surface area contributed by atoms with Crippen LogP contribution in [-0.4, -0.2) is 83.2 Å². The van der Waals surface area contributed by atoms with Gasteiger partial charge in [0.15, 0.2) is 0 Å². The topological polar surface area (TPSA) is 258 Å². The molecule has 50 heavy (non-hydrogen) atoms. The molecule has 2 heterocycles. The standard InChI is InChI=1S/C14H16N6O6S.C11H10Cl2F2N4O3S/c1-3-26-14-18-11(15-2)16-12(19-14)17-13(23)20-27(24,25)9-7-5-4-6-8(9)10(21)22;1-5-16-19(11(20)18(5)10(14)15)9-4-8(17-23(2,21)22)6(12)3-7(9)13/h4-7H,3H2,1-2H3,(H,21,22)(H3,15,16,17,18,19,20,23);3-4,10,17H,1-2H3. The second-order valence-electron chi connectivity index (χ2n) is 9.36. The van der Waals surface area contributed by atoms with E-state index in [1.165, 1.54) is 32.2 Å². The summed E-state index contributed by atoms with van der Waals surface area (Å²) >= 11 is 11.8. The van der Waals surface area contributed by atoms with E-state index in [1.54, 1.807) is 11.6 Å². The minimum Gasteiger partial charge on any atom is -0.478 e. The molecule has 0 bridgehead atoms. The van der Waals surface area contributed by atoms with E-state index in [9.17, 15) is 40.0 Å². The number of sulfonamides is 2. The summed E-state index contributed by atoms with van der Waals surface area (Å²) in [5.41, 5.74) is -1.75. The molecule has 0 spiro atoms. The number of carbonyl (C=O) groups is 2. The molecule has 2 aromatic carbocycles. The number of anilines is 3. The lowest BCUT2D eigenvalue weighted by atomic mass is 10.2. The van der Waals surface area contributed by atoms with Crippen LogP contribution in [0.25, 0.3) is 5.69 Å². The van der Waals surface area contributed by atoms with Crippen LogP contribution >= 0.6 is 23.2 Å². The fraction of sp³-hybridized carbons (Fsp3) is 0.240. The van der Waals surface area contributed by atoms with Crippen molar-refractivity contribution in [3.8, 4) is 11.7 Å². The van der Waals surface area contributed by atoms with E-state index in [0.29, 0.717) is 4.68 Å². The summed E-state index contributed by atoms with van der Waals surface area (Å²) in [5.74, 6) is -1.86. The zero-order chi connectivity index (χ0) is 37.6. The number of aromatic carboxylic acids is 1. The number of hydrogen-bond acceptors (Lipinski definition) is 13. The number of nitrogens with one attached hydrogen (secondary N) is 4. The van der Waals surface area contributed by atoms with Crippen molar-refractivity contribution in [3.05, 3.63) is 68.3 Å². The molecular formula is C25H26Cl2F2N10O9S2. The van der Waals surface area contributed by atoms with E-state index in [4.69, 9.17) is 33.0 Å².